The Labute approximate surface area is 112 Å². The van der Waals surface area contributed by atoms with Crippen molar-refractivity contribution < 1.29 is 4.39 Å². The molecule has 1 N–H and O–H groups in total. The Kier molecular flexibility index (Phi) is 6.14. The maximum Gasteiger partial charge on any atom is 0.142 e. The van der Waals surface area contributed by atoms with Crippen LogP contribution < -0.4 is 5.32 Å². The Hall–Kier alpha value is -0.410. The van der Waals surface area contributed by atoms with Crippen molar-refractivity contribution in [2.24, 2.45) is 5.92 Å². The van der Waals surface area contributed by atoms with Gasteiger partial charge in [0.1, 0.15) is 5.82 Å². The molecule has 0 aliphatic carbocycles. The molecular weight excluding hydrogens is 281 g/mol. The van der Waals surface area contributed by atoms with Crippen LogP contribution in [0.5, 0.6) is 0 Å². The van der Waals surface area contributed by atoms with E-state index in [2.05, 4.69) is 42.0 Å². The minimum atomic E-state index is -0.134. The number of hydrogen-bond donors (Lipinski definition) is 1. The van der Waals surface area contributed by atoms with Crippen LogP contribution in [0.3, 0.4) is 0 Å². The summed E-state index contributed by atoms with van der Waals surface area (Å²) in [6.45, 7) is 7.24. The first kappa shape index (κ1) is 14.7. The van der Waals surface area contributed by atoms with Crippen molar-refractivity contribution in [3.8, 4) is 0 Å². The van der Waals surface area contributed by atoms with E-state index in [1.807, 2.05) is 12.1 Å². The maximum absolute atomic E-state index is 14.1. The van der Waals surface area contributed by atoms with Gasteiger partial charge in [-0.15, -0.1) is 0 Å². The Balaban J connectivity index is 3.08. The normalized spacial score (nSPS) is 13.1. The predicted molar refractivity (Wildman–Crippen MR) is 74.6 cm³/mol. The van der Waals surface area contributed by atoms with Gasteiger partial charge in [0.25, 0.3) is 0 Å². The summed E-state index contributed by atoms with van der Waals surface area (Å²) in [5.74, 6) is 0.337. The molecule has 0 bridgehead atoms. The molecule has 3 heteroatoms. The summed E-state index contributed by atoms with van der Waals surface area (Å²) in [5.41, 5.74) is 0.773. The molecule has 0 spiro atoms. The molecule has 0 radical (unpaired) electrons. The fourth-order valence-corrected chi connectivity index (χ4v) is 2.65. The second-order valence-corrected chi connectivity index (χ2v) is 5.11. The molecule has 96 valence electrons. The van der Waals surface area contributed by atoms with E-state index >= 15 is 0 Å². The highest BCUT2D eigenvalue weighted by Crippen LogP contribution is 2.31. The van der Waals surface area contributed by atoms with Crippen LogP contribution >= 0.6 is 15.9 Å². The lowest BCUT2D eigenvalue weighted by Gasteiger charge is -2.27. The van der Waals surface area contributed by atoms with E-state index in [1.165, 1.54) is 0 Å². The topological polar surface area (TPSA) is 12.0 Å². The van der Waals surface area contributed by atoms with Gasteiger partial charge in [-0.05, 0) is 34.5 Å². The summed E-state index contributed by atoms with van der Waals surface area (Å²) in [6.07, 6.45) is 2.11. The third-order valence-corrected chi connectivity index (χ3v) is 3.87. The molecule has 1 unspecified atom stereocenters. The number of benzene rings is 1. The SMILES string of the molecule is CCNC(c1cccc(Br)c1F)C(CC)CC. The Morgan fingerprint density at radius 3 is 2.41 bits per heavy atom. The standard InChI is InChI=1S/C14H21BrFN/c1-4-10(5-2)14(17-6-3)11-8-7-9-12(15)13(11)16/h7-10,14,17H,4-6H2,1-3H3. The lowest BCUT2D eigenvalue weighted by molar-refractivity contribution is 0.337. The van der Waals surface area contributed by atoms with Crippen LogP contribution in [0, 0.1) is 11.7 Å². The minimum absolute atomic E-state index is 0.104. The van der Waals surface area contributed by atoms with Crippen molar-refractivity contribution in [1.82, 2.24) is 5.32 Å². The third kappa shape index (κ3) is 3.52. The fourth-order valence-electron chi connectivity index (χ4n) is 2.27. The summed E-state index contributed by atoms with van der Waals surface area (Å²) >= 11 is 3.26. The second kappa shape index (κ2) is 7.12. The average Bonchev–Trinajstić information content (AvgIpc) is 2.33. The third-order valence-electron chi connectivity index (χ3n) is 3.26. The van der Waals surface area contributed by atoms with Gasteiger partial charge in [-0.25, -0.2) is 4.39 Å². The van der Waals surface area contributed by atoms with Gasteiger partial charge in [-0.2, -0.15) is 0 Å². The Morgan fingerprint density at radius 2 is 1.88 bits per heavy atom. The summed E-state index contributed by atoms with van der Waals surface area (Å²) in [4.78, 5) is 0. The van der Waals surface area contributed by atoms with Gasteiger partial charge in [0.2, 0.25) is 0 Å². The maximum atomic E-state index is 14.1. The summed E-state index contributed by atoms with van der Waals surface area (Å²) < 4.78 is 14.7. The molecule has 1 nitrogen and oxygen atoms in total. The van der Waals surface area contributed by atoms with Crippen molar-refractivity contribution in [2.45, 2.75) is 39.7 Å². The zero-order valence-electron chi connectivity index (χ0n) is 10.8. The predicted octanol–water partition coefficient (Wildman–Crippen LogP) is 4.68. The highest BCUT2D eigenvalue weighted by Gasteiger charge is 2.23. The molecule has 1 aromatic carbocycles. The van der Waals surface area contributed by atoms with Gasteiger partial charge in [-0.3, -0.25) is 0 Å². The molecule has 0 fully saturated rings. The van der Waals surface area contributed by atoms with Crippen LogP contribution in [-0.2, 0) is 0 Å². The van der Waals surface area contributed by atoms with Crippen molar-refractivity contribution in [2.75, 3.05) is 6.54 Å². The van der Waals surface area contributed by atoms with Crippen LogP contribution in [0.4, 0.5) is 4.39 Å². The van der Waals surface area contributed by atoms with Crippen molar-refractivity contribution in [3.05, 3.63) is 34.1 Å². The summed E-state index contributed by atoms with van der Waals surface area (Å²) in [6, 6.07) is 5.63. The van der Waals surface area contributed by atoms with Crippen molar-refractivity contribution >= 4 is 15.9 Å². The molecular formula is C14H21BrFN. The monoisotopic (exact) mass is 301 g/mol. The van der Waals surface area contributed by atoms with E-state index in [1.54, 1.807) is 6.07 Å². The van der Waals surface area contributed by atoms with E-state index in [-0.39, 0.29) is 11.9 Å². The summed E-state index contributed by atoms with van der Waals surface area (Å²) in [7, 11) is 0. The fraction of sp³-hybridized carbons (Fsp3) is 0.571. The smallest absolute Gasteiger partial charge is 0.142 e. The largest absolute Gasteiger partial charge is 0.310 e. The Morgan fingerprint density at radius 1 is 1.24 bits per heavy atom. The first-order valence-electron chi connectivity index (χ1n) is 6.32. The van der Waals surface area contributed by atoms with Crippen LogP contribution in [0.15, 0.2) is 22.7 Å². The molecule has 1 rings (SSSR count). The van der Waals surface area contributed by atoms with E-state index in [0.29, 0.717) is 10.4 Å². The highest BCUT2D eigenvalue weighted by atomic mass is 79.9. The molecule has 17 heavy (non-hydrogen) atoms. The highest BCUT2D eigenvalue weighted by molar-refractivity contribution is 9.10. The minimum Gasteiger partial charge on any atom is -0.310 e. The van der Waals surface area contributed by atoms with E-state index in [4.69, 9.17) is 0 Å². The molecule has 0 amide bonds. The van der Waals surface area contributed by atoms with Gasteiger partial charge in [0.15, 0.2) is 0 Å². The first-order valence-corrected chi connectivity index (χ1v) is 7.12. The van der Waals surface area contributed by atoms with Gasteiger partial charge < -0.3 is 5.32 Å². The lowest BCUT2D eigenvalue weighted by Crippen LogP contribution is -2.28. The molecule has 1 atom stereocenters. The second-order valence-electron chi connectivity index (χ2n) is 4.25. The van der Waals surface area contributed by atoms with E-state index in [0.717, 1.165) is 24.9 Å². The molecule has 0 saturated carbocycles. The number of nitrogens with one attached hydrogen (secondary N) is 1. The number of halogens is 2. The molecule has 0 aliphatic rings. The first-order chi connectivity index (χ1) is 8.15. The van der Waals surface area contributed by atoms with Crippen molar-refractivity contribution in [3.63, 3.8) is 0 Å². The van der Waals surface area contributed by atoms with Gasteiger partial charge in [0, 0.05) is 11.6 Å². The molecule has 0 saturated heterocycles. The zero-order chi connectivity index (χ0) is 12.8. The molecule has 1 aromatic rings. The molecule has 0 aromatic heterocycles. The molecule has 0 aliphatic heterocycles. The van der Waals surface area contributed by atoms with Crippen LogP contribution in [-0.4, -0.2) is 6.54 Å². The van der Waals surface area contributed by atoms with Gasteiger partial charge >= 0.3 is 0 Å². The number of rotatable bonds is 6. The molecule has 0 heterocycles. The quantitative estimate of drug-likeness (QED) is 0.805. The van der Waals surface area contributed by atoms with Crippen LogP contribution in [0.25, 0.3) is 0 Å². The van der Waals surface area contributed by atoms with Crippen molar-refractivity contribution in [1.29, 1.82) is 0 Å². The van der Waals surface area contributed by atoms with E-state index in [9.17, 15) is 4.39 Å². The van der Waals surface area contributed by atoms with Gasteiger partial charge in [-0.1, -0.05) is 45.7 Å². The zero-order valence-corrected chi connectivity index (χ0v) is 12.3. The lowest BCUT2D eigenvalue weighted by atomic mass is 9.88. The summed E-state index contributed by atoms with van der Waals surface area (Å²) in [5, 5.41) is 3.41. The van der Waals surface area contributed by atoms with E-state index < -0.39 is 0 Å². The number of hydrogen-bond acceptors (Lipinski definition) is 1. The van der Waals surface area contributed by atoms with Crippen LogP contribution in [0.1, 0.15) is 45.2 Å². The average molecular weight is 302 g/mol. The Bertz CT molecular complexity index is 350. The van der Waals surface area contributed by atoms with Gasteiger partial charge in [0.05, 0.1) is 4.47 Å². The van der Waals surface area contributed by atoms with Crippen LogP contribution in [0.2, 0.25) is 0 Å².